The van der Waals surface area contributed by atoms with Gasteiger partial charge < -0.3 is 20.4 Å². The smallest absolute Gasteiger partial charge is 0.336 e. The molecule has 7 nitrogen and oxygen atoms in total. The van der Waals surface area contributed by atoms with Crippen LogP contribution in [-0.4, -0.2) is 43.9 Å². The Kier molecular flexibility index (Phi) is 9.81. The van der Waals surface area contributed by atoms with Gasteiger partial charge in [0.05, 0.1) is 12.8 Å². The normalized spacial score (nSPS) is 9.40. The Morgan fingerprint density at radius 3 is 1.33 bits per heavy atom. The van der Waals surface area contributed by atoms with E-state index in [2.05, 4.69) is 0 Å². The molecular formula is C6H9ClMnO7. The van der Waals surface area contributed by atoms with Crippen molar-refractivity contribution in [2.75, 3.05) is 0 Å². The summed E-state index contributed by atoms with van der Waals surface area (Å²) in [6.07, 6.45) is -2.29. The van der Waals surface area contributed by atoms with Gasteiger partial charge in [-0.15, -0.1) is 12.4 Å². The van der Waals surface area contributed by atoms with Crippen molar-refractivity contribution >= 4 is 30.3 Å². The van der Waals surface area contributed by atoms with Crippen molar-refractivity contribution in [1.29, 1.82) is 0 Å². The van der Waals surface area contributed by atoms with Gasteiger partial charge in [0.1, 0.15) is 0 Å². The molecule has 0 amide bonds. The van der Waals surface area contributed by atoms with Crippen LogP contribution in [-0.2, 0) is 31.5 Å². The number of halogens is 1. The summed E-state index contributed by atoms with van der Waals surface area (Å²) in [5.41, 5.74) is -2.74. The number of aliphatic carboxylic acids is 3. The van der Waals surface area contributed by atoms with Crippen molar-refractivity contribution in [1.82, 2.24) is 0 Å². The van der Waals surface area contributed by atoms with E-state index in [9.17, 15) is 14.4 Å². The summed E-state index contributed by atoms with van der Waals surface area (Å²) >= 11 is 0. The number of rotatable bonds is 5. The molecule has 0 aromatic carbocycles. The average Bonchev–Trinajstić information content (AvgIpc) is 1.82. The van der Waals surface area contributed by atoms with E-state index < -0.39 is 36.4 Å². The Balaban J connectivity index is -0.000000720. The molecule has 4 N–H and O–H groups in total. The second kappa shape index (κ2) is 7.47. The van der Waals surface area contributed by atoms with Gasteiger partial charge in [0.15, 0.2) is 5.60 Å². The van der Waals surface area contributed by atoms with Gasteiger partial charge in [-0.25, -0.2) is 4.79 Å². The predicted octanol–water partition coefficient (Wildman–Crippen LogP) is -0.829. The van der Waals surface area contributed by atoms with Crippen molar-refractivity contribution < 1.29 is 51.9 Å². The summed E-state index contributed by atoms with van der Waals surface area (Å²) in [7, 11) is 0. The van der Waals surface area contributed by atoms with Gasteiger partial charge in [-0.2, -0.15) is 0 Å². The Labute approximate surface area is 101 Å². The van der Waals surface area contributed by atoms with Crippen molar-refractivity contribution in [3.05, 3.63) is 0 Å². The fraction of sp³-hybridized carbons (Fsp3) is 0.500. The van der Waals surface area contributed by atoms with Crippen LogP contribution in [0.4, 0.5) is 0 Å². The first-order chi connectivity index (χ1) is 5.78. The minimum Gasteiger partial charge on any atom is -0.481 e. The minimum absolute atomic E-state index is 0. The van der Waals surface area contributed by atoms with Crippen LogP contribution in [0.1, 0.15) is 12.8 Å². The Hall–Kier alpha value is -0.821. The van der Waals surface area contributed by atoms with Gasteiger partial charge in [0.2, 0.25) is 0 Å². The molecule has 0 atom stereocenters. The number of hydrogen-bond acceptors (Lipinski definition) is 4. The van der Waals surface area contributed by atoms with E-state index in [1.807, 2.05) is 0 Å². The van der Waals surface area contributed by atoms with Gasteiger partial charge in [0.25, 0.3) is 0 Å². The van der Waals surface area contributed by atoms with Gasteiger partial charge in [-0.3, -0.25) is 9.59 Å². The molecule has 0 aliphatic rings. The Bertz CT molecular complexity index is 238. The zero-order chi connectivity index (χ0) is 10.6. The predicted molar refractivity (Wildman–Crippen MR) is 44.3 cm³/mol. The van der Waals surface area contributed by atoms with Gasteiger partial charge in [-0.05, 0) is 0 Å². The van der Waals surface area contributed by atoms with E-state index in [4.69, 9.17) is 20.4 Å². The van der Waals surface area contributed by atoms with Crippen LogP contribution in [0.5, 0.6) is 0 Å². The maximum absolute atomic E-state index is 10.3. The Morgan fingerprint density at radius 2 is 1.20 bits per heavy atom. The third-order valence-electron chi connectivity index (χ3n) is 1.29. The maximum atomic E-state index is 10.3. The van der Waals surface area contributed by atoms with E-state index in [-0.39, 0.29) is 29.5 Å². The molecule has 0 heterocycles. The van der Waals surface area contributed by atoms with Gasteiger partial charge >= 0.3 is 17.9 Å². The molecule has 89 valence electrons. The monoisotopic (exact) mass is 283 g/mol. The molecule has 0 fully saturated rings. The first kappa shape index (κ1) is 19.7. The Morgan fingerprint density at radius 1 is 0.933 bits per heavy atom. The molecule has 0 aromatic heterocycles. The van der Waals surface area contributed by atoms with Crippen LogP contribution >= 0.6 is 12.4 Å². The second-order valence-electron chi connectivity index (χ2n) is 2.48. The number of carboxylic acids is 3. The summed E-state index contributed by atoms with van der Waals surface area (Å²) in [4.78, 5) is 30.5. The summed E-state index contributed by atoms with van der Waals surface area (Å²) in [6.45, 7) is 0. The number of aliphatic hydroxyl groups is 1. The van der Waals surface area contributed by atoms with Crippen LogP contribution in [0, 0.1) is 0 Å². The fourth-order valence-corrected chi connectivity index (χ4v) is 0.714. The van der Waals surface area contributed by atoms with Crippen LogP contribution in [0.25, 0.3) is 0 Å². The molecule has 0 bridgehead atoms. The standard InChI is InChI=1S/C6H8O7.ClH.Mn/c7-3(8)1-6(13,5(11)12)2-4(9)10;;/h13H,1-2H2,(H,7,8)(H,9,10)(H,11,12);1H;. The van der Waals surface area contributed by atoms with Crippen molar-refractivity contribution in [3.8, 4) is 0 Å². The molecular weight excluding hydrogens is 274 g/mol. The zero-order valence-electron chi connectivity index (χ0n) is 7.21. The fourth-order valence-electron chi connectivity index (χ4n) is 0.714. The molecule has 1 radical (unpaired) electrons. The van der Waals surface area contributed by atoms with Crippen LogP contribution in [0.2, 0.25) is 0 Å². The van der Waals surface area contributed by atoms with Crippen LogP contribution in [0.15, 0.2) is 0 Å². The summed E-state index contributed by atoms with van der Waals surface area (Å²) < 4.78 is 0. The van der Waals surface area contributed by atoms with E-state index >= 15 is 0 Å². The quantitative estimate of drug-likeness (QED) is 0.484. The number of carboxylic acid groups (broad SMARTS) is 3. The molecule has 0 saturated carbocycles. The van der Waals surface area contributed by atoms with Gasteiger partial charge in [0, 0.05) is 17.1 Å². The van der Waals surface area contributed by atoms with Crippen LogP contribution < -0.4 is 0 Å². The molecule has 0 aliphatic carbocycles. The molecule has 0 unspecified atom stereocenters. The topological polar surface area (TPSA) is 132 Å². The number of carbonyl (C=O) groups is 3. The summed E-state index contributed by atoms with van der Waals surface area (Å²) in [6, 6.07) is 0. The summed E-state index contributed by atoms with van der Waals surface area (Å²) in [5, 5.41) is 33.8. The van der Waals surface area contributed by atoms with Crippen LogP contribution in [0.3, 0.4) is 0 Å². The largest absolute Gasteiger partial charge is 0.481 e. The first-order valence-electron chi connectivity index (χ1n) is 3.17. The molecule has 0 rings (SSSR count). The molecule has 0 aliphatic heterocycles. The minimum atomic E-state index is -2.74. The van der Waals surface area contributed by atoms with Gasteiger partial charge in [-0.1, -0.05) is 0 Å². The van der Waals surface area contributed by atoms with E-state index in [0.29, 0.717) is 0 Å². The third-order valence-corrected chi connectivity index (χ3v) is 1.29. The van der Waals surface area contributed by atoms with Crippen molar-refractivity contribution in [2.24, 2.45) is 0 Å². The molecule has 0 saturated heterocycles. The van der Waals surface area contributed by atoms with Crippen molar-refractivity contribution in [2.45, 2.75) is 18.4 Å². The SMILES string of the molecule is Cl.O=C(O)CC(O)(CC(=O)O)C(=O)O.[Mn]. The molecule has 9 heteroatoms. The van der Waals surface area contributed by atoms with E-state index in [1.54, 1.807) is 0 Å². The molecule has 15 heavy (non-hydrogen) atoms. The maximum Gasteiger partial charge on any atom is 0.336 e. The number of hydrogen-bond donors (Lipinski definition) is 4. The molecule has 0 spiro atoms. The average molecular weight is 284 g/mol. The zero-order valence-corrected chi connectivity index (χ0v) is 9.21. The summed E-state index contributed by atoms with van der Waals surface area (Å²) in [5.74, 6) is -5.02. The van der Waals surface area contributed by atoms with E-state index in [0.717, 1.165) is 0 Å². The third kappa shape index (κ3) is 7.15. The van der Waals surface area contributed by atoms with E-state index in [1.165, 1.54) is 0 Å². The second-order valence-corrected chi connectivity index (χ2v) is 2.48. The molecule has 0 aromatic rings. The van der Waals surface area contributed by atoms with Crippen molar-refractivity contribution in [3.63, 3.8) is 0 Å². The first-order valence-corrected chi connectivity index (χ1v) is 3.17.